The van der Waals surface area contributed by atoms with Crippen molar-refractivity contribution >= 4 is 27.3 Å². The van der Waals surface area contributed by atoms with Gasteiger partial charge >= 0.3 is 0 Å². The molecule has 0 unspecified atom stereocenters. The van der Waals surface area contributed by atoms with Crippen molar-refractivity contribution in [1.82, 2.24) is 0 Å². The van der Waals surface area contributed by atoms with Crippen molar-refractivity contribution in [2.45, 2.75) is 6.54 Å². The highest BCUT2D eigenvalue weighted by Crippen LogP contribution is 2.24. The molecule has 0 saturated heterocycles. The van der Waals surface area contributed by atoms with Gasteiger partial charge in [0.15, 0.2) is 0 Å². The number of hydrogen-bond donors (Lipinski definition) is 1. The van der Waals surface area contributed by atoms with E-state index in [1.807, 2.05) is 0 Å². The monoisotopic (exact) mass is 324 g/mol. The molecule has 0 aromatic heterocycles. The number of nitrogens with one attached hydrogen (secondary N) is 1. The van der Waals surface area contributed by atoms with Crippen LogP contribution in [0.1, 0.15) is 5.56 Å². The first-order valence-electron chi connectivity index (χ1n) is 5.49. The maximum absolute atomic E-state index is 13.3. The molecule has 0 radical (unpaired) electrons. The molecule has 19 heavy (non-hydrogen) atoms. The van der Waals surface area contributed by atoms with E-state index in [0.717, 1.165) is 0 Å². The second kappa shape index (κ2) is 5.79. The van der Waals surface area contributed by atoms with Crippen LogP contribution in [-0.2, 0) is 6.54 Å². The van der Waals surface area contributed by atoms with Gasteiger partial charge in [0, 0.05) is 12.6 Å². The Hall–Kier alpha value is -1.95. The highest BCUT2D eigenvalue weighted by Gasteiger charge is 2.11. The van der Waals surface area contributed by atoms with Crippen molar-refractivity contribution in [1.29, 1.82) is 0 Å². The summed E-state index contributed by atoms with van der Waals surface area (Å²) in [6.45, 7) is 0.315. The Labute approximate surface area is 117 Å². The number of nitro groups is 1. The fraction of sp³-hybridized carbons (Fsp3) is 0.0769. The Morgan fingerprint density at radius 2 is 2.00 bits per heavy atom. The SMILES string of the molecule is O=[N+]([O-])c1ccccc1NCc1ccc(Br)c(F)c1. The summed E-state index contributed by atoms with van der Waals surface area (Å²) in [4.78, 5) is 10.4. The number of para-hydroxylation sites is 2. The van der Waals surface area contributed by atoms with E-state index >= 15 is 0 Å². The molecule has 0 aliphatic heterocycles. The van der Waals surface area contributed by atoms with Gasteiger partial charge in [0.05, 0.1) is 9.40 Å². The summed E-state index contributed by atoms with van der Waals surface area (Å²) in [5.74, 6) is -0.359. The zero-order chi connectivity index (χ0) is 13.8. The summed E-state index contributed by atoms with van der Waals surface area (Å²) in [6.07, 6.45) is 0. The van der Waals surface area contributed by atoms with E-state index in [0.29, 0.717) is 22.3 Å². The van der Waals surface area contributed by atoms with Gasteiger partial charge in [-0.2, -0.15) is 0 Å². The predicted octanol–water partition coefficient (Wildman–Crippen LogP) is 4.11. The van der Waals surface area contributed by atoms with Gasteiger partial charge in [0.2, 0.25) is 0 Å². The number of nitrogens with zero attached hydrogens (tertiary/aromatic N) is 1. The van der Waals surface area contributed by atoms with Crippen LogP contribution in [0.15, 0.2) is 46.9 Å². The van der Waals surface area contributed by atoms with E-state index in [1.165, 1.54) is 12.1 Å². The molecular weight excluding hydrogens is 315 g/mol. The summed E-state index contributed by atoms with van der Waals surface area (Å²) in [5.41, 5.74) is 1.12. The normalized spacial score (nSPS) is 10.2. The van der Waals surface area contributed by atoms with E-state index in [2.05, 4.69) is 21.2 Å². The molecule has 1 N–H and O–H groups in total. The average molecular weight is 325 g/mol. The van der Waals surface area contributed by atoms with Crippen LogP contribution in [0.3, 0.4) is 0 Å². The second-order valence-electron chi connectivity index (χ2n) is 3.88. The fourth-order valence-corrected chi connectivity index (χ4v) is 1.88. The summed E-state index contributed by atoms with van der Waals surface area (Å²) in [7, 11) is 0. The Morgan fingerprint density at radius 1 is 1.26 bits per heavy atom. The summed E-state index contributed by atoms with van der Waals surface area (Å²) in [6, 6.07) is 11.1. The maximum Gasteiger partial charge on any atom is 0.292 e. The van der Waals surface area contributed by atoms with Gasteiger partial charge in [-0.15, -0.1) is 0 Å². The van der Waals surface area contributed by atoms with E-state index in [4.69, 9.17) is 0 Å². The highest BCUT2D eigenvalue weighted by atomic mass is 79.9. The first-order valence-corrected chi connectivity index (χ1v) is 6.28. The molecule has 0 saturated carbocycles. The molecule has 0 aliphatic rings. The lowest BCUT2D eigenvalue weighted by molar-refractivity contribution is -0.384. The molecule has 0 aliphatic carbocycles. The molecule has 0 fully saturated rings. The van der Waals surface area contributed by atoms with E-state index in [9.17, 15) is 14.5 Å². The number of benzene rings is 2. The van der Waals surface area contributed by atoms with Gasteiger partial charge in [-0.05, 0) is 39.7 Å². The smallest absolute Gasteiger partial charge is 0.292 e. The van der Waals surface area contributed by atoms with Crippen LogP contribution >= 0.6 is 15.9 Å². The molecule has 98 valence electrons. The molecule has 0 spiro atoms. The molecule has 0 atom stereocenters. The lowest BCUT2D eigenvalue weighted by Crippen LogP contribution is -2.02. The molecule has 2 aromatic rings. The van der Waals surface area contributed by atoms with E-state index in [-0.39, 0.29) is 11.5 Å². The lowest BCUT2D eigenvalue weighted by atomic mass is 10.2. The van der Waals surface area contributed by atoms with Crippen molar-refractivity contribution in [3.63, 3.8) is 0 Å². The third-order valence-electron chi connectivity index (χ3n) is 2.57. The quantitative estimate of drug-likeness (QED) is 0.680. The van der Waals surface area contributed by atoms with Crippen LogP contribution < -0.4 is 5.32 Å². The molecule has 0 amide bonds. The molecule has 0 heterocycles. The van der Waals surface area contributed by atoms with Crippen LogP contribution in [0.5, 0.6) is 0 Å². The average Bonchev–Trinajstić information content (AvgIpc) is 2.40. The fourth-order valence-electron chi connectivity index (χ4n) is 1.63. The van der Waals surface area contributed by atoms with Crippen molar-refractivity contribution in [3.05, 3.63) is 68.4 Å². The van der Waals surface area contributed by atoms with Crippen LogP contribution in [0.25, 0.3) is 0 Å². The Balaban J connectivity index is 2.14. The van der Waals surface area contributed by atoms with Gasteiger partial charge in [-0.3, -0.25) is 10.1 Å². The van der Waals surface area contributed by atoms with Crippen LogP contribution in [0.4, 0.5) is 15.8 Å². The zero-order valence-electron chi connectivity index (χ0n) is 9.77. The number of hydrogen-bond acceptors (Lipinski definition) is 3. The summed E-state index contributed by atoms with van der Waals surface area (Å²) >= 11 is 3.07. The minimum absolute atomic E-state index is 0.0000774. The molecule has 2 aromatic carbocycles. The maximum atomic E-state index is 13.3. The Bertz CT molecular complexity index is 619. The summed E-state index contributed by atoms with van der Waals surface area (Å²) in [5, 5.41) is 13.8. The van der Waals surface area contributed by atoms with E-state index < -0.39 is 4.92 Å². The third kappa shape index (κ3) is 3.29. The minimum atomic E-state index is -0.454. The number of halogens is 2. The van der Waals surface area contributed by atoms with Crippen LogP contribution in [0.2, 0.25) is 0 Å². The van der Waals surface area contributed by atoms with Gasteiger partial charge in [-0.1, -0.05) is 18.2 Å². The molecule has 0 bridgehead atoms. The highest BCUT2D eigenvalue weighted by molar-refractivity contribution is 9.10. The van der Waals surface area contributed by atoms with Gasteiger partial charge in [0.25, 0.3) is 5.69 Å². The third-order valence-corrected chi connectivity index (χ3v) is 3.21. The molecular formula is C13H10BrFN2O2. The molecule has 2 rings (SSSR count). The number of anilines is 1. The zero-order valence-corrected chi connectivity index (χ0v) is 11.4. The van der Waals surface area contributed by atoms with Gasteiger partial charge < -0.3 is 5.32 Å². The first-order chi connectivity index (χ1) is 9.08. The number of rotatable bonds is 4. The van der Waals surface area contributed by atoms with Crippen LogP contribution in [0, 0.1) is 15.9 Å². The van der Waals surface area contributed by atoms with Crippen molar-refractivity contribution in [2.24, 2.45) is 0 Å². The largest absolute Gasteiger partial charge is 0.375 e. The summed E-state index contributed by atoms with van der Waals surface area (Å²) < 4.78 is 13.7. The Morgan fingerprint density at radius 3 is 2.68 bits per heavy atom. The minimum Gasteiger partial charge on any atom is -0.375 e. The predicted molar refractivity (Wildman–Crippen MR) is 74.5 cm³/mol. The number of nitro benzene ring substituents is 1. The first kappa shape index (κ1) is 13.5. The van der Waals surface area contributed by atoms with Crippen molar-refractivity contribution in [2.75, 3.05) is 5.32 Å². The molecule has 4 nitrogen and oxygen atoms in total. The standard InChI is InChI=1S/C13H10BrFN2O2/c14-10-6-5-9(7-11(10)15)8-16-12-3-1-2-4-13(12)17(18)19/h1-7,16H,8H2. The van der Waals surface area contributed by atoms with Crippen molar-refractivity contribution in [3.8, 4) is 0 Å². The van der Waals surface area contributed by atoms with Gasteiger partial charge in [-0.25, -0.2) is 4.39 Å². The lowest BCUT2D eigenvalue weighted by Gasteiger charge is -2.07. The second-order valence-corrected chi connectivity index (χ2v) is 4.73. The van der Waals surface area contributed by atoms with Gasteiger partial charge in [0.1, 0.15) is 11.5 Å². The Kier molecular flexibility index (Phi) is 4.11. The molecule has 6 heteroatoms. The van der Waals surface area contributed by atoms with Crippen molar-refractivity contribution < 1.29 is 9.31 Å². The van der Waals surface area contributed by atoms with E-state index in [1.54, 1.807) is 30.3 Å². The van der Waals surface area contributed by atoms with Crippen LogP contribution in [-0.4, -0.2) is 4.92 Å². The topological polar surface area (TPSA) is 55.2 Å².